The second-order valence-electron chi connectivity index (χ2n) is 4.10. The van der Waals surface area contributed by atoms with Crippen molar-refractivity contribution in [3.05, 3.63) is 47.2 Å². The fourth-order valence-electron chi connectivity index (χ4n) is 1.71. The van der Waals surface area contributed by atoms with Crippen molar-refractivity contribution in [3.8, 4) is 0 Å². The first-order valence-electron chi connectivity index (χ1n) is 5.50. The Morgan fingerprint density at radius 3 is 2.76 bits per heavy atom. The topological polar surface area (TPSA) is 31.1 Å². The van der Waals surface area contributed by atoms with Gasteiger partial charge >= 0.3 is 0 Å². The first-order valence-corrected chi connectivity index (χ1v) is 5.87. The lowest BCUT2D eigenvalue weighted by Gasteiger charge is -2.18. The van der Waals surface area contributed by atoms with Crippen LogP contribution < -0.4 is 10.2 Å². The molecular formula is C13H16ClN3. The number of hydrogen-bond acceptors (Lipinski definition) is 2. The molecule has 0 bridgehead atoms. The number of benzene rings is 1. The van der Waals surface area contributed by atoms with E-state index < -0.39 is 0 Å². The number of nitrogens with one attached hydrogen (secondary N) is 2. The molecule has 1 aromatic carbocycles. The van der Waals surface area contributed by atoms with Crippen molar-refractivity contribution < 1.29 is 0 Å². The number of aromatic nitrogens is 1. The van der Waals surface area contributed by atoms with Gasteiger partial charge in [0.1, 0.15) is 0 Å². The van der Waals surface area contributed by atoms with Crippen molar-refractivity contribution in [1.82, 2.24) is 4.98 Å². The molecule has 1 heterocycles. The van der Waals surface area contributed by atoms with E-state index in [0.717, 1.165) is 28.6 Å². The van der Waals surface area contributed by atoms with Crippen LogP contribution >= 0.6 is 11.6 Å². The van der Waals surface area contributed by atoms with E-state index in [-0.39, 0.29) is 0 Å². The summed E-state index contributed by atoms with van der Waals surface area (Å²) in [6.07, 6.45) is 1.92. The van der Waals surface area contributed by atoms with Gasteiger partial charge in [-0.25, -0.2) is 0 Å². The molecule has 1 aromatic heterocycles. The van der Waals surface area contributed by atoms with Crippen LogP contribution in [0.15, 0.2) is 36.5 Å². The molecule has 3 nitrogen and oxygen atoms in total. The molecule has 0 fully saturated rings. The van der Waals surface area contributed by atoms with Crippen LogP contribution in [0, 0.1) is 0 Å². The number of H-pyrrole nitrogens is 1. The summed E-state index contributed by atoms with van der Waals surface area (Å²) in [5.41, 5.74) is 3.31. The minimum absolute atomic E-state index is 0.740. The van der Waals surface area contributed by atoms with Crippen LogP contribution in [0.4, 0.5) is 11.4 Å². The molecule has 2 N–H and O–H groups in total. The average molecular weight is 250 g/mol. The first-order chi connectivity index (χ1) is 8.16. The lowest BCUT2D eigenvalue weighted by atomic mass is 10.2. The second-order valence-corrected chi connectivity index (χ2v) is 4.54. The maximum Gasteiger partial charge on any atom is 0.0597 e. The molecule has 0 aliphatic carbocycles. The molecule has 17 heavy (non-hydrogen) atoms. The summed E-state index contributed by atoms with van der Waals surface area (Å²) < 4.78 is 0. The van der Waals surface area contributed by atoms with E-state index in [4.69, 9.17) is 11.6 Å². The van der Waals surface area contributed by atoms with Gasteiger partial charge in [0, 0.05) is 31.0 Å². The summed E-state index contributed by atoms with van der Waals surface area (Å²) in [5.74, 6) is 0. The molecule has 0 aliphatic heterocycles. The van der Waals surface area contributed by atoms with Crippen molar-refractivity contribution in [2.24, 2.45) is 0 Å². The van der Waals surface area contributed by atoms with Crippen molar-refractivity contribution in [3.63, 3.8) is 0 Å². The number of hydrogen-bond donors (Lipinski definition) is 2. The van der Waals surface area contributed by atoms with Crippen LogP contribution in [0.5, 0.6) is 0 Å². The van der Waals surface area contributed by atoms with Crippen LogP contribution in [0.3, 0.4) is 0 Å². The van der Waals surface area contributed by atoms with Crippen molar-refractivity contribution in [2.75, 3.05) is 24.3 Å². The molecule has 0 unspecified atom stereocenters. The Morgan fingerprint density at radius 1 is 1.29 bits per heavy atom. The Labute approximate surface area is 106 Å². The van der Waals surface area contributed by atoms with Gasteiger partial charge in [-0.3, -0.25) is 0 Å². The van der Waals surface area contributed by atoms with E-state index in [0.29, 0.717) is 0 Å². The predicted molar refractivity (Wildman–Crippen MR) is 73.9 cm³/mol. The Hall–Kier alpha value is -1.61. The Morgan fingerprint density at radius 2 is 2.12 bits per heavy atom. The van der Waals surface area contributed by atoms with Crippen LogP contribution in [0.1, 0.15) is 5.69 Å². The monoisotopic (exact) mass is 249 g/mol. The summed E-state index contributed by atoms with van der Waals surface area (Å²) in [6, 6.07) is 9.89. The third-order valence-corrected chi connectivity index (χ3v) is 2.81. The zero-order chi connectivity index (χ0) is 12.3. The number of nitrogens with zero attached hydrogens (tertiary/aromatic N) is 1. The maximum atomic E-state index is 6.02. The highest BCUT2D eigenvalue weighted by Crippen LogP contribution is 2.28. The van der Waals surface area contributed by atoms with Crippen LogP contribution in [0.25, 0.3) is 0 Å². The maximum absolute atomic E-state index is 6.02. The van der Waals surface area contributed by atoms with Crippen LogP contribution in [-0.4, -0.2) is 19.1 Å². The molecule has 2 aromatic rings. The Balaban J connectivity index is 2.16. The van der Waals surface area contributed by atoms with Crippen LogP contribution in [0.2, 0.25) is 5.02 Å². The van der Waals surface area contributed by atoms with Gasteiger partial charge < -0.3 is 15.2 Å². The fourth-order valence-corrected chi connectivity index (χ4v) is 1.88. The number of aromatic amines is 1. The molecule has 4 heteroatoms. The zero-order valence-corrected chi connectivity index (χ0v) is 10.8. The second kappa shape index (κ2) is 5.15. The predicted octanol–water partition coefficient (Wildman–Crippen LogP) is 3.35. The van der Waals surface area contributed by atoms with E-state index in [1.54, 1.807) is 0 Å². The number of halogens is 1. The fraction of sp³-hybridized carbons (Fsp3) is 0.231. The third kappa shape index (κ3) is 2.94. The highest BCUT2D eigenvalue weighted by atomic mass is 35.5. The normalized spacial score (nSPS) is 10.3. The van der Waals surface area contributed by atoms with Crippen molar-refractivity contribution in [2.45, 2.75) is 6.54 Å². The smallest absolute Gasteiger partial charge is 0.0597 e. The van der Waals surface area contributed by atoms with Crippen LogP contribution in [-0.2, 0) is 6.54 Å². The summed E-state index contributed by atoms with van der Waals surface area (Å²) in [6.45, 7) is 0.758. The molecule has 0 saturated heterocycles. The summed E-state index contributed by atoms with van der Waals surface area (Å²) in [7, 11) is 4.03. The molecule has 2 rings (SSSR count). The highest BCUT2D eigenvalue weighted by Gasteiger charge is 2.05. The van der Waals surface area contributed by atoms with E-state index in [1.807, 2.05) is 50.6 Å². The van der Waals surface area contributed by atoms with Gasteiger partial charge in [-0.2, -0.15) is 0 Å². The lowest BCUT2D eigenvalue weighted by molar-refractivity contribution is 1.06. The third-order valence-electron chi connectivity index (χ3n) is 2.57. The summed E-state index contributed by atoms with van der Waals surface area (Å²) in [5, 5.41) is 4.12. The molecule has 0 aliphatic rings. The SMILES string of the molecule is CN(C)c1ccc(Cl)cc1NCc1ccc[nH]1. The molecular weight excluding hydrogens is 234 g/mol. The van der Waals surface area contributed by atoms with Gasteiger partial charge in [0.25, 0.3) is 0 Å². The molecule has 0 radical (unpaired) electrons. The molecule has 0 atom stereocenters. The Kier molecular flexibility index (Phi) is 3.59. The van der Waals surface area contributed by atoms with E-state index in [1.165, 1.54) is 0 Å². The van der Waals surface area contributed by atoms with Crippen molar-refractivity contribution >= 4 is 23.0 Å². The quantitative estimate of drug-likeness (QED) is 0.871. The molecule has 0 saturated carbocycles. The van der Waals surface area contributed by atoms with Gasteiger partial charge in [-0.1, -0.05) is 11.6 Å². The van der Waals surface area contributed by atoms with Gasteiger partial charge in [0.15, 0.2) is 0 Å². The van der Waals surface area contributed by atoms with Crippen molar-refractivity contribution in [1.29, 1.82) is 0 Å². The van der Waals surface area contributed by atoms with E-state index >= 15 is 0 Å². The average Bonchev–Trinajstić information content (AvgIpc) is 2.78. The molecule has 0 amide bonds. The van der Waals surface area contributed by atoms with Gasteiger partial charge in [-0.05, 0) is 30.3 Å². The molecule has 90 valence electrons. The standard InChI is InChI=1S/C13H16ClN3/c1-17(2)13-6-5-10(14)8-12(13)16-9-11-4-3-7-15-11/h3-8,15-16H,9H2,1-2H3. The van der Waals surface area contributed by atoms with Gasteiger partial charge in [0.2, 0.25) is 0 Å². The molecule has 0 spiro atoms. The zero-order valence-electron chi connectivity index (χ0n) is 10.00. The van der Waals surface area contributed by atoms with E-state index in [2.05, 4.69) is 15.2 Å². The number of anilines is 2. The summed E-state index contributed by atoms with van der Waals surface area (Å²) >= 11 is 6.02. The van der Waals surface area contributed by atoms with Gasteiger partial charge in [0.05, 0.1) is 17.9 Å². The lowest BCUT2D eigenvalue weighted by Crippen LogP contribution is -2.12. The highest BCUT2D eigenvalue weighted by molar-refractivity contribution is 6.31. The van der Waals surface area contributed by atoms with E-state index in [9.17, 15) is 0 Å². The summed E-state index contributed by atoms with van der Waals surface area (Å²) in [4.78, 5) is 5.22. The minimum atomic E-state index is 0.740. The minimum Gasteiger partial charge on any atom is -0.378 e. The van der Waals surface area contributed by atoms with Gasteiger partial charge in [-0.15, -0.1) is 0 Å². The number of rotatable bonds is 4. The largest absolute Gasteiger partial charge is 0.378 e. The Bertz CT molecular complexity index is 477. The first kappa shape index (κ1) is 11.9.